The number of likely N-dealkylation sites (tertiary alicyclic amines) is 1. The van der Waals surface area contributed by atoms with Gasteiger partial charge in [-0.2, -0.15) is 0 Å². The topological polar surface area (TPSA) is 94.2 Å². The van der Waals surface area contributed by atoms with Crippen LogP contribution in [-0.2, 0) is 11.2 Å². The van der Waals surface area contributed by atoms with Crippen LogP contribution in [0.4, 0.5) is 11.5 Å². The van der Waals surface area contributed by atoms with Crippen LogP contribution in [-0.4, -0.2) is 57.8 Å². The van der Waals surface area contributed by atoms with E-state index >= 15 is 0 Å². The number of nitrogens with one attached hydrogen (secondary N) is 2. The Labute approximate surface area is 216 Å². The van der Waals surface area contributed by atoms with E-state index in [-0.39, 0.29) is 11.8 Å². The lowest BCUT2D eigenvalue weighted by atomic mass is 9.90. The summed E-state index contributed by atoms with van der Waals surface area (Å²) >= 11 is 0. The summed E-state index contributed by atoms with van der Waals surface area (Å²) in [5.41, 5.74) is 3.60. The highest BCUT2D eigenvalue weighted by atomic mass is 16.2. The van der Waals surface area contributed by atoms with Crippen molar-refractivity contribution in [1.82, 2.24) is 25.2 Å². The van der Waals surface area contributed by atoms with Crippen LogP contribution in [0.1, 0.15) is 35.7 Å². The summed E-state index contributed by atoms with van der Waals surface area (Å²) in [6.07, 6.45) is 6.43. The molecule has 2 aromatic carbocycles. The molecule has 0 spiro atoms. The zero-order valence-electron chi connectivity index (χ0n) is 21.1. The summed E-state index contributed by atoms with van der Waals surface area (Å²) < 4.78 is 0. The van der Waals surface area contributed by atoms with Crippen molar-refractivity contribution in [2.75, 3.05) is 31.1 Å². The number of anilines is 2. The van der Waals surface area contributed by atoms with Gasteiger partial charge in [-0.25, -0.2) is 9.97 Å². The lowest BCUT2D eigenvalue weighted by molar-refractivity contribution is -0.118. The molecule has 0 saturated carbocycles. The van der Waals surface area contributed by atoms with E-state index in [9.17, 15) is 9.59 Å². The second kappa shape index (κ2) is 11.2. The molecule has 2 N–H and O–H groups in total. The molecule has 1 fully saturated rings. The van der Waals surface area contributed by atoms with Crippen LogP contribution in [0.3, 0.4) is 0 Å². The molecular formula is C29H32N6O2. The number of carbonyl (C=O) groups excluding carboxylic acids is 2. The van der Waals surface area contributed by atoms with Gasteiger partial charge in [-0.15, -0.1) is 0 Å². The second-order valence-corrected chi connectivity index (χ2v) is 9.55. The summed E-state index contributed by atoms with van der Waals surface area (Å²) in [5, 5.41) is 3.74. The molecule has 2 amide bonds. The van der Waals surface area contributed by atoms with E-state index in [2.05, 4.69) is 44.5 Å². The molecule has 1 aliphatic heterocycles. The fourth-order valence-corrected chi connectivity index (χ4v) is 5.05. The number of carbonyl (C=O) groups is 2. The summed E-state index contributed by atoms with van der Waals surface area (Å²) in [7, 11) is 0. The summed E-state index contributed by atoms with van der Waals surface area (Å²) in [6.45, 7) is 3.98. The van der Waals surface area contributed by atoms with Crippen LogP contribution in [0.25, 0.3) is 11.0 Å². The van der Waals surface area contributed by atoms with E-state index in [0.717, 1.165) is 54.9 Å². The van der Waals surface area contributed by atoms with E-state index in [4.69, 9.17) is 0 Å². The van der Waals surface area contributed by atoms with Crippen molar-refractivity contribution in [2.45, 2.75) is 26.2 Å². The SMILES string of the molecule is CC(=O)NCCN(c1cccc(C(=O)N2CCC(Cc3ccccc3)CC2)c1)c1ncnc2[nH]ccc12. The first kappa shape index (κ1) is 24.5. The first-order chi connectivity index (χ1) is 18.1. The monoisotopic (exact) mass is 496 g/mol. The highest BCUT2D eigenvalue weighted by Gasteiger charge is 2.25. The molecular weight excluding hydrogens is 464 g/mol. The average molecular weight is 497 g/mol. The molecule has 0 radical (unpaired) electrons. The maximum absolute atomic E-state index is 13.5. The number of benzene rings is 2. The molecule has 2 aromatic heterocycles. The third kappa shape index (κ3) is 5.80. The minimum absolute atomic E-state index is 0.0521. The van der Waals surface area contributed by atoms with Crippen LogP contribution in [0.15, 0.2) is 73.2 Å². The van der Waals surface area contributed by atoms with Crippen molar-refractivity contribution in [1.29, 1.82) is 0 Å². The van der Waals surface area contributed by atoms with Gasteiger partial charge in [-0.1, -0.05) is 36.4 Å². The molecule has 8 nitrogen and oxygen atoms in total. The van der Waals surface area contributed by atoms with Gasteiger partial charge in [0.2, 0.25) is 5.91 Å². The fourth-order valence-electron chi connectivity index (χ4n) is 5.05. The van der Waals surface area contributed by atoms with Crippen molar-refractivity contribution in [3.63, 3.8) is 0 Å². The Bertz CT molecular complexity index is 1360. The average Bonchev–Trinajstić information content (AvgIpc) is 3.41. The third-order valence-corrected chi connectivity index (χ3v) is 6.97. The quantitative estimate of drug-likeness (QED) is 0.379. The van der Waals surface area contributed by atoms with Crippen LogP contribution >= 0.6 is 0 Å². The van der Waals surface area contributed by atoms with Gasteiger partial charge in [-0.05, 0) is 55.0 Å². The molecule has 1 saturated heterocycles. The maximum Gasteiger partial charge on any atom is 0.253 e. The summed E-state index contributed by atoms with van der Waals surface area (Å²) in [4.78, 5) is 40.9. The number of aromatic amines is 1. The number of aromatic nitrogens is 3. The zero-order chi connectivity index (χ0) is 25.6. The Morgan fingerprint density at radius 1 is 1.05 bits per heavy atom. The highest BCUT2D eigenvalue weighted by molar-refractivity contribution is 5.96. The Morgan fingerprint density at radius 3 is 2.65 bits per heavy atom. The number of amides is 2. The number of fused-ring (bicyclic) bond motifs is 1. The largest absolute Gasteiger partial charge is 0.355 e. The van der Waals surface area contributed by atoms with Crippen LogP contribution in [0.2, 0.25) is 0 Å². The van der Waals surface area contributed by atoms with E-state index in [0.29, 0.717) is 24.6 Å². The standard InChI is InChI=1S/C29H32N6O2/c1-21(36)30-14-17-35(28-26-10-13-31-27(26)32-20-33-28)25-9-5-8-24(19-25)29(37)34-15-11-23(12-16-34)18-22-6-3-2-4-7-22/h2-10,13,19-20,23H,11-12,14-18H2,1H3,(H,30,36)(H,31,32,33). The highest BCUT2D eigenvalue weighted by Crippen LogP contribution is 2.30. The second-order valence-electron chi connectivity index (χ2n) is 9.55. The molecule has 4 aromatic rings. The smallest absolute Gasteiger partial charge is 0.253 e. The minimum Gasteiger partial charge on any atom is -0.355 e. The molecule has 1 aliphatic rings. The molecule has 5 rings (SSSR count). The van der Waals surface area contributed by atoms with Gasteiger partial charge in [0.15, 0.2) is 0 Å². The van der Waals surface area contributed by atoms with Gasteiger partial charge < -0.3 is 20.1 Å². The van der Waals surface area contributed by atoms with Gasteiger partial charge in [0, 0.05) is 50.6 Å². The van der Waals surface area contributed by atoms with Gasteiger partial charge >= 0.3 is 0 Å². The Kier molecular flexibility index (Phi) is 7.44. The van der Waals surface area contributed by atoms with Crippen LogP contribution in [0, 0.1) is 5.92 Å². The number of H-pyrrole nitrogens is 1. The van der Waals surface area contributed by atoms with E-state index in [1.807, 2.05) is 52.4 Å². The lowest BCUT2D eigenvalue weighted by Gasteiger charge is -2.32. The van der Waals surface area contributed by atoms with Crippen molar-refractivity contribution < 1.29 is 9.59 Å². The van der Waals surface area contributed by atoms with Gasteiger partial charge in [0.1, 0.15) is 17.8 Å². The molecule has 8 heteroatoms. The van der Waals surface area contributed by atoms with E-state index in [1.165, 1.54) is 18.8 Å². The van der Waals surface area contributed by atoms with Crippen molar-refractivity contribution in [3.8, 4) is 0 Å². The number of hydrogen-bond acceptors (Lipinski definition) is 5. The Morgan fingerprint density at radius 2 is 1.86 bits per heavy atom. The minimum atomic E-state index is -0.0889. The predicted octanol–water partition coefficient (Wildman–Crippen LogP) is 4.33. The van der Waals surface area contributed by atoms with Crippen molar-refractivity contribution in [2.24, 2.45) is 5.92 Å². The number of piperidine rings is 1. The van der Waals surface area contributed by atoms with Crippen molar-refractivity contribution in [3.05, 3.63) is 84.3 Å². The molecule has 0 unspecified atom stereocenters. The lowest BCUT2D eigenvalue weighted by Crippen LogP contribution is -2.39. The first-order valence-corrected chi connectivity index (χ1v) is 12.8. The number of nitrogens with zero attached hydrogens (tertiary/aromatic N) is 4. The van der Waals surface area contributed by atoms with Gasteiger partial charge in [-0.3, -0.25) is 9.59 Å². The third-order valence-electron chi connectivity index (χ3n) is 6.97. The van der Waals surface area contributed by atoms with Gasteiger partial charge in [0.05, 0.1) is 5.39 Å². The molecule has 0 atom stereocenters. The Balaban J connectivity index is 1.32. The Hall–Kier alpha value is -4.20. The van der Waals surface area contributed by atoms with Crippen LogP contribution in [0.5, 0.6) is 0 Å². The fraction of sp³-hybridized carbons (Fsp3) is 0.310. The van der Waals surface area contributed by atoms with E-state index < -0.39 is 0 Å². The molecule has 190 valence electrons. The van der Waals surface area contributed by atoms with Gasteiger partial charge in [0.25, 0.3) is 5.91 Å². The zero-order valence-corrected chi connectivity index (χ0v) is 21.1. The molecule has 3 heterocycles. The summed E-state index contributed by atoms with van der Waals surface area (Å²) in [6, 6.07) is 20.2. The maximum atomic E-state index is 13.5. The van der Waals surface area contributed by atoms with E-state index in [1.54, 1.807) is 0 Å². The molecule has 37 heavy (non-hydrogen) atoms. The predicted molar refractivity (Wildman–Crippen MR) is 145 cm³/mol. The van der Waals surface area contributed by atoms with Crippen LogP contribution < -0.4 is 10.2 Å². The first-order valence-electron chi connectivity index (χ1n) is 12.8. The molecule has 0 aliphatic carbocycles. The normalized spacial score (nSPS) is 14.0. The molecule has 0 bridgehead atoms. The number of rotatable bonds is 8. The van der Waals surface area contributed by atoms with Crippen molar-refractivity contribution >= 4 is 34.4 Å². The number of hydrogen-bond donors (Lipinski definition) is 2. The summed E-state index contributed by atoms with van der Waals surface area (Å²) in [5.74, 6) is 1.29.